The van der Waals surface area contributed by atoms with Gasteiger partial charge in [-0.3, -0.25) is 38.6 Å². The molecule has 67 heavy (non-hydrogen) atoms. The van der Waals surface area contributed by atoms with Crippen LogP contribution >= 0.6 is 0 Å². The average Bonchev–Trinajstić information content (AvgIpc) is 3.27. The number of urea groups is 1. The number of primary amides is 2. The summed E-state index contributed by atoms with van der Waals surface area (Å²) in [4.78, 5) is 110. The number of nitrogens with two attached hydrogens (primary N) is 5. The molecule has 23 nitrogen and oxygen atoms in total. The number of carbonyl (C=O) groups is 8. The smallest absolute Gasteiger partial charge is 0.312 e. The molecule has 0 unspecified atom stereocenters. The van der Waals surface area contributed by atoms with E-state index < -0.39 is 89.6 Å². The lowest BCUT2D eigenvalue weighted by Gasteiger charge is -2.29. The van der Waals surface area contributed by atoms with Crippen molar-refractivity contribution in [3.05, 3.63) is 59.7 Å². The molecule has 2 rings (SSSR count). The molecule has 23 heteroatoms. The fourth-order valence-electron chi connectivity index (χ4n) is 6.77. The van der Waals surface area contributed by atoms with Crippen LogP contribution in [-0.2, 0) is 46.4 Å². The van der Waals surface area contributed by atoms with Gasteiger partial charge in [-0.15, -0.1) is 0 Å². The van der Waals surface area contributed by atoms with E-state index in [2.05, 4.69) is 42.2 Å². The molecule has 9 amide bonds. The van der Waals surface area contributed by atoms with Crippen LogP contribution in [0.15, 0.2) is 53.5 Å². The molecule has 0 fully saturated rings. The first-order valence-corrected chi connectivity index (χ1v) is 22.2. The Kier molecular flexibility index (Phi) is 24.5. The molecule has 0 spiro atoms. The summed E-state index contributed by atoms with van der Waals surface area (Å²) in [5, 5.41) is 38.3. The lowest BCUT2D eigenvalue weighted by molar-refractivity contribution is -0.136. The van der Waals surface area contributed by atoms with Crippen LogP contribution in [0.2, 0.25) is 0 Å². The lowest BCUT2D eigenvalue weighted by Crippen LogP contribution is -2.61. The molecule has 19 N–H and O–H groups in total. The number of carbonyl (C=O) groups excluding carboxylic acids is 8. The number of rotatable bonds is 30. The number of nitrogens with zero attached hydrogens (tertiary/aromatic N) is 1. The van der Waals surface area contributed by atoms with E-state index in [9.17, 15) is 48.6 Å². The number of phenolic OH excluding ortho intramolecular Hbond substituents is 2. The van der Waals surface area contributed by atoms with Crippen LogP contribution in [0.4, 0.5) is 4.79 Å². The molecule has 0 aliphatic rings. The number of unbranched alkanes of at least 4 members (excludes halogenated alkanes) is 1. The molecule has 0 bridgehead atoms. The highest BCUT2D eigenvalue weighted by atomic mass is 16.3. The summed E-state index contributed by atoms with van der Waals surface area (Å²) < 4.78 is 0. The van der Waals surface area contributed by atoms with Gasteiger partial charge in [0.25, 0.3) is 0 Å². The molecule has 0 aromatic heterocycles. The molecule has 0 radical (unpaired) electrons. The highest BCUT2D eigenvalue weighted by Crippen LogP contribution is 2.16. The number of phenols is 2. The monoisotopic (exact) mass is 940 g/mol. The van der Waals surface area contributed by atoms with Crippen LogP contribution in [-0.4, -0.2) is 119 Å². The summed E-state index contributed by atoms with van der Waals surface area (Å²) in [7, 11) is 0. The summed E-state index contributed by atoms with van der Waals surface area (Å²) in [5.74, 6) is -6.01. The van der Waals surface area contributed by atoms with Gasteiger partial charge in [-0.05, 0) is 92.8 Å². The number of aromatic hydroxyl groups is 2. The van der Waals surface area contributed by atoms with Gasteiger partial charge in [-0.2, -0.15) is 0 Å². The second-order valence-electron chi connectivity index (χ2n) is 16.2. The van der Waals surface area contributed by atoms with Gasteiger partial charge < -0.3 is 76.1 Å². The van der Waals surface area contributed by atoms with Gasteiger partial charge in [-0.25, -0.2) is 4.79 Å². The first-order chi connectivity index (χ1) is 31.7. The molecule has 2 aromatic rings. The molecule has 0 aliphatic carbocycles. The van der Waals surface area contributed by atoms with Gasteiger partial charge in [-0.1, -0.05) is 44.5 Å². The van der Waals surface area contributed by atoms with Crippen LogP contribution < -0.4 is 65.9 Å². The van der Waals surface area contributed by atoms with Crippen LogP contribution in [0.5, 0.6) is 11.5 Å². The second kappa shape index (κ2) is 29.4. The predicted octanol–water partition coefficient (Wildman–Crippen LogP) is -2.03. The van der Waals surface area contributed by atoms with E-state index in [0.29, 0.717) is 36.9 Å². The van der Waals surface area contributed by atoms with Gasteiger partial charge in [0.2, 0.25) is 41.4 Å². The van der Waals surface area contributed by atoms with Crippen LogP contribution in [0.25, 0.3) is 0 Å². The highest BCUT2D eigenvalue weighted by Gasteiger charge is 2.34. The number of nitrogens with one attached hydrogen (secondary N) is 7. The van der Waals surface area contributed by atoms with Crippen molar-refractivity contribution < 1.29 is 48.6 Å². The maximum absolute atomic E-state index is 14.5. The Morgan fingerprint density at radius 1 is 0.582 bits per heavy atom. The van der Waals surface area contributed by atoms with Crippen LogP contribution in [0.3, 0.4) is 0 Å². The van der Waals surface area contributed by atoms with Crippen molar-refractivity contribution >= 4 is 53.3 Å². The van der Waals surface area contributed by atoms with Crippen molar-refractivity contribution in [2.45, 2.75) is 121 Å². The molecule has 7 atom stereocenters. The van der Waals surface area contributed by atoms with Gasteiger partial charge in [0.15, 0.2) is 5.96 Å². The lowest BCUT2D eigenvalue weighted by atomic mass is 9.96. The number of benzene rings is 2. The van der Waals surface area contributed by atoms with Crippen LogP contribution in [0.1, 0.15) is 83.3 Å². The van der Waals surface area contributed by atoms with E-state index in [1.54, 1.807) is 13.8 Å². The Balaban J connectivity index is 2.55. The zero-order valence-corrected chi connectivity index (χ0v) is 38.3. The summed E-state index contributed by atoms with van der Waals surface area (Å²) in [5.41, 5.74) is 28.2. The zero-order chi connectivity index (χ0) is 50.1. The molecule has 0 heterocycles. The third-order valence-electron chi connectivity index (χ3n) is 10.7. The van der Waals surface area contributed by atoms with Crippen molar-refractivity contribution in [2.75, 3.05) is 19.6 Å². The van der Waals surface area contributed by atoms with Crippen molar-refractivity contribution in [1.82, 2.24) is 37.2 Å². The van der Waals surface area contributed by atoms with E-state index in [0.717, 1.165) is 0 Å². The van der Waals surface area contributed by atoms with Gasteiger partial charge >= 0.3 is 6.03 Å². The van der Waals surface area contributed by atoms with E-state index in [1.807, 2.05) is 0 Å². The Morgan fingerprint density at radius 3 is 1.49 bits per heavy atom. The predicted molar refractivity (Wildman–Crippen MR) is 249 cm³/mol. The van der Waals surface area contributed by atoms with E-state index >= 15 is 0 Å². The first-order valence-electron chi connectivity index (χ1n) is 22.2. The molecule has 370 valence electrons. The second-order valence-corrected chi connectivity index (χ2v) is 16.2. The summed E-state index contributed by atoms with van der Waals surface area (Å²) in [6.45, 7) is 5.25. The fourth-order valence-corrected chi connectivity index (χ4v) is 6.77. The maximum Gasteiger partial charge on any atom is 0.312 e. The Morgan fingerprint density at radius 2 is 1.03 bits per heavy atom. The third-order valence-corrected chi connectivity index (χ3v) is 10.7. The summed E-state index contributed by atoms with van der Waals surface area (Å²) in [6.07, 6.45) is 1.77. The minimum absolute atomic E-state index is 0.00737. The number of guanidine groups is 1. The number of aliphatic imine (C=N–C) groups is 1. The number of amides is 9. The number of hydrogen-bond acceptors (Lipinski definition) is 12. The Hall–Kier alpha value is -7.17. The first kappa shape index (κ1) is 56.0. The third kappa shape index (κ3) is 21.6. The quantitative estimate of drug-likeness (QED) is 0.0229. The van der Waals surface area contributed by atoms with Gasteiger partial charge in [0, 0.05) is 32.9 Å². The fraction of sp³-hybridized carbons (Fsp3) is 0.523. The Bertz CT molecular complexity index is 1980. The Labute approximate surface area is 389 Å². The van der Waals surface area contributed by atoms with E-state index in [1.165, 1.54) is 55.5 Å². The average molecular weight is 940 g/mol. The van der Waals surface area contributed by atoms with E-state index in [-0.39, 0.29) is 75.5 Å². The van der Waals surface area contributed by atoms with Crippen molar-refractivity contribution in [2.24, 2.45) is 39.6 Å². The largest absolute Gasteiger partial charge is 0.508 e. The van der Waals surface area contributed by atoms with Gasteiger partial charge in [0.1, 0.15) is 47.8 Å². The van der Waals surface area contributed by atoms with E-state index in [4.69, 9.17) is 28.7 Å². The zero-order valence-electron chi connectivity index (χ0n) is 38.3. The normalized spacial score (nSPS) is 14.0. The standard InChI is InChI=1S/C44H69N13O10/c1-4-25(2)36(42(66)53-31(37(46)61)9-5-6-20-45)57-39(63)33(11-8-22-51-44(49)67)54-40(64)34(23-27-12-16-29(59)17-13-27)56-41(65)35(24-28-14-18-30(60)19-15-28)55-38(62)32(52-26(3)58)10-7-21-50-43(47)48/h12-19,25,31-36,59-60H,4-11,20-24,45H2,1-3H3,(H2,46,61)(H,52,58)(H,53,66)(H,54,64)(H,55,62)(H,56,65)(H,57,63)(H4,47,48,50)(H3,49,51,67)/t25-,31-,32-,33-,34-,35-,36-/m0/s1. The van der Waals surface area contributed by atoms with Crippen molar-refractivity contribution in [1.29, 1.82) is 0 Å². The molecule has 0 saturated heterocycles. The van der Waals surface area contributed by atoms with Gasteiger partial charge in [0.05, 0.1) is 0 Å². The molecule has 2 aromatic carbocycles. The summed E-state index contributed by atoms with van der Waals surface area (Å²) in [6, 6.07) is 3.22. The van der Waals surface area contributed by atoms with Crippen molar-refractivity contribution in [3.63, 3.8) is 0 Å². The molecule has 0 saturated carbocycles. The minimum Gasteiger partial charge on any atom is -0.508 e. The molecular weight excluding hydrogens is 871 g/mol. The number of hydrogen-bond donors (Lipinski definition) is 14. The minimum atomic E-state index is -1.44. The SMILES string of the molecule is CC[C@H](C)[C@H](NC(=O)[C@H](CCCNC(N)=O)NC(=O)[C@H](Cc1ccc(O)cc1)NC(=O)[C@H](Cc1ccc(O)cc1)NC(=O)[C@H](CCCN=C(N)N)NC(C)=O)C(=O)N[C@@H](CCCCN)C(N)=O. The molecule has 0 aliphatic heterocycles. The summed E-state index contributed by atoms with van der Waals surface area (Å²) >= 11 is 0. The highest BCUT2D eigenvalue weighted by molar-refractivity contribution is 5.97. The molecular formula is C44H69N13O10. The maximum atomic E-state index is 14.5. The van der Waals surface area contributed by atoms with Crippen LogP contribution in [0, 0.1) is 5.92 Å². The topological polar surface area (TPSA) is 404 Å². The van der Waals surface area contributed by atoms with Crippen molar-refractivity contribution in [3.8, 4) is 11.5 Å².